The fourth-order valence-corrected chi connectivity index (χ4v) is 4.36. The van der Waals surface area contributed by atoms with Crippen LogP contribution in [0, 0.1) is 0 Å². The van der Waals surface area contributed by atoms with Crippen molar-refractivity contribution < 1.29 is 4.79 Å². The maximum atomic E-state index is 12.8. The summed E-state index contributed by atoms with van der Waals surface area (Å²) in [6, 6.07) is 40.5. The molecule has 164 valence electrons. The van der Waals surface area contributed by atoms with Gasteiger partial charge in [-0.3, -0.25) is 4.79 Å². The maximum Gasteiger partial charge on any atom is 0.185 e. The summed E-state index contributed by atoms with van der Waals surface area (Å²) in [6.07, 6.45) is 3.59. The second-order valence-corrected chi connectivity index (χ2v) is 8.86. The zero-order valence-electron chi connectivity index (χ0n) is 18.4. The van der Waals surface area contributed by atoms with Gasteiger partial charge in [0.05, 0.1) is 11.4 Å². The molecule has 1 heterocycles. The van der Waals surface area contributed by atoms with Gasteiger partial charge in [0.15, 0.2) is 5.78 Å². The van der Waals surface area contributed by atoms with Crippen LogP contribution in [0.4, 0.5) is 0 Å². The average Bonchev–Trinajstić information content (AvgIpc) is 3.29. The molecule has 0 unspecified atom stereocenters. The van der Waals surface area contributed by atoms with Gasteiger partial charge in [0.25, 0.3) is 0 Å². The van der Waals surface area contributed by atoms with Gasteiger partial charge >= 0.3 is 0 Å². The Kier molecular flexibility index (Phi) is 6.37. The van der Waals surface area contributed by atoms with Crippen LogP contribution >= 0.6 is 15.9 Å². The maximum absolute atomic E-state index is 12.8. The third-order valence-corrected chi connectivity index (χ3v) is 6.23. The minimum Gasteiger partial charge on any atom is -0.309 e. The summed E-state index contributed by atoms with van der Waals surface area (Å²) in [7, 11) is 0. The monoisotopic (exact) mass is 503 g/mol. The first-order chi connectivity index (χ1) is 16.7. The molecule has 0 amide bonds. The van der Waals surface area contributed by atoms with Crippen LogP contribution in [0.2, 0.25) is 0 Å². The molecule has 5 rings (SSSR count). The number of carbonyl (C=O) groups excluding carboxylic acids is 1. The molecule has 0 bridgehead atoms. The molecule has 0 aliphatic rings. The highest BCUT2D eigenvalue weighted by atomic mass is 79.9. The van der Waals surface area contributed by atoms with E-state index in [0.29, 0.717) is 5.56 Å². The van der Waals surface area contributed by atoms with Gasteiger partial charge in [-0.15, -0.1) is 0 Å². The first kappa shape index (κ1) is 21.9. The number of aromatic nitrogens is 1. The average molecular weight is 504 g/mol. The Labute approximate surface area is 208 Å². The van der Waals surface area contributed by atoms with Crippen LogP contribution in [0.1, 0.15) is 15.9 Å². The smallest absolute Gasteiger partial charge is 0.185 e. The second-order valence-electron chi connectivity index (χ2n) is 7.94. The summed E-state index contributed by atoms with van der Waals surface area (Å²) in [5.74, 6) is -0.0164. The molecular weight excluding hydrogens is 482 g/mol. The van der Waals surface area contributed by atoms with Gasteiger partial charge in [0.1, 0.15) is 0 Å². The third-order valence-electron chi connectivity index (χ3n) is 5.70. The van der Waals surface area contributed by atoms with Crippen LogP contribution in [0.3, 0.4) is 0 Å². The summed E-state index contributed by atoms with van der Waals surface area (Å²) < 4.78 is 3.29. The SMILES string of the molecule is O=C(/C=C/c1cc(-c2ccccc2)n(-c2ccc(Br)cc2)c1-c1ccccc1)c1ccccc1. The van der Waals surface area contributed by atoms with Crippen molar-refractivity contribution in [2.45, 2.75) is 0 Å². The molecule has 5 aromatic rings. The number of carbonyl (C=O) groups is 1. The quantitative estimate of drug-likeness (QED) is 0.168. The van der Waals surface area contributed by atoms with Crippen LogP contribution in [0.15, 0.2) is 132 Å². The van der Waals surface area contributed by atoms with Gasteiger partial charge in [-0.1, -0.05) is 107 Å². The highest BCUT2D eigenvalue weighted by molar-refractivity contribution is 9.10. The van der Waals surface area contributed by atoms with Crippen LogP contribution in [0.25, 0.3) is 34.3 Å². The van der Waals surface area contributed by atoms with Crippen molar-refractivity contribution in [1.82, 2.24) is 4.57 Å². The minimum absolute atomic E-state index is 0.0164. The fourth-order valence-electron chi connectivity index (χ4n) is 4.09. The summed E-state index contributed by atoms with van der Waals surface area (Å²) in [5, 5.41) is 0. The van der Waals surface area contributed by atoms with Crippen molar-refractivity contribution in [3.63, 3.8) is 0 Å². The van der Waals surface area contributed by atoms with Gasteiger partial charge in [-0.05, 0) is 53.6 Å². The van der Waals surface area contributed by atoms with Gasteiger partial charge in [0, 0.05) is 21.3 Å². The lowest BCUT2D eigenvalue weighted by Gasteiger charge is -2.15. The largest absolute Gasteiger partial charge is 0.309 e. The van der Waals surface area contributed by atoms with Crippen molar-refractivity contribution >= 4 is 27.8 Å². The molecule has 2 nitrogen and oxygen atoms in total. The normalized spacial score (nSPS) is 11.1. The van der Waals surface area contributed by atoms with E-state index in [1.54, 1.807) is 6.08 Å². The molecule has 0 atom stereocenters. The predicted molar refractivity (Wildman–Crippen MR) is 144 cm³/mol. The first-order valence-corrected chi connectivity index (χ1v) is 11.9. The van der Waals surface area contributed by atoms with E-state index in [9.17, 15) is 4.79 Å². The first-order valence-electron chi connectivity index (χ1n) is 11.1. The van der Waals surface area contributed by atoms with Gasteiger partial charge in [-0.25, -0.2) is 0 Å². The van der Waals surface area contributed by atoms with Crippen molar-refractivity contribution in [3.8, 4) is 28.2 Å². The van der Waals surface area contributed by atoms with Crippen LogP contribution < -0.4 is 0 Å². The highest BCUT2D eigenvalue weighted by Gasteiger charge is 2.18. The summed E-state index contributed by atoms with van der Waals surface area (Å²) in [4.78, 5) is 12.8. The van der Waals surface area contributed by atoms with E-state index in [1.165, 1.54) is 0 Å². The zero-order valence-corrected chi connectivity index (χ0v) is 20.0. The summed E-state index contributed by atoms with van der Waals surface area (Å²) in [5.41, 5.74) is 7.01. The van der Waals surface area contributed by atoms with E-state index in [4.69, 9.17) is 0 Å². The Morgan fingerprint density at radius 2 is 1.24 bits per heavy atom. The number of hydrogen-bond acceptors (Lipinski definition) is 1. The van der Waals surface area contributed by atoms with Crippen LogP contribution in [-0.2, 0) is 0 Å². The third kappa shape index (κ3) is 4.57. The number of rotatable bonds is 6. The Morgan fingerprint density at radius 1 is 0.676 bits per heavy atom. The molecule has 0 aliphatic carbocycles. The van der Waals surface area contributed by atoms with Crippen molar-refractivity contribution in [1.29, 1.82) is 0 Å². The predicted octanol–water partition coefficient (Wildman–Crippen LogP) is 8.47. The van der Waals surface area contributed by atoms with E-state index in [0.717, 1.165) is 38.2 Å². The van der Waals surface area contributed by atoms with E-state index in [1.807, 2.05) is 84.9 Å². The van der Waals surface area contributed by atoms with E-state index in [-0.39, 0.29) is 5.78 Å². The molecule has 0 spiro atoms. The molecular formula is C31H22BrNO. The van der Waals surface area contributed by atoms with E-state index < -0.39 is 0 Å². The van der Waals surface area contributed by atoms with E-state index >= 15 is 0 Å². The molecule has 4 aromatic carbocycles. The fraction of sp³-hybridized carbons (Fsp3) is 0. The summed E-state index contributed by atoms with van der Waals surface area (Å²) in [6.45, 7) is 0. The molecule has 0 saturated carbocycles. The molecule has 1 aromatic heterocycles. The standard InChI is InChI=1S/C31H22BrNO/c32-27-17-19-28(20-18-27)33-29(23-10-4-1-5-11-23)22-26(31(33)25-14-8-3-9-15-25)16-21-30(34)24-12-6-2-7-13-24/h1-22H/b21-16+. The van der Waals surface area contributed by atoms with Crippen molar-refractivity contribution in [3.05, 3.63) is 143 Å². The Hall–Kier alpha value is -3.95. The minimum atomic E-state index is -0.0164. The molecule has 0 radical (unpaired) electrons. The highest BCUT2D eigenvalue weighted by Crippen LogP contribution is 2.37. The van der Waals surface area contributed by atoms with Crippen LogP contribution in [0.5, 0.6) is 0 Å². The number of halogens is 1. The molecule has 3 heteroatoms. The van der Waals surface area contributed by atoms with Gasteiger partial charge in [-0.2, -0.15) is 0 Å². The summed E-state index contributed by atoms with van der Waals surface area (Å²) >= 11 is 3.56. The number of nitrogens with zero attached hydrogens (tertiary/aromatic N) is 1. The van der Waals surface area contributed by atoms with Crippen molar-refractivity contribution in [2.24, 2.45) is 0 Å². The lowest BCUT2D eigenvalue weighted by Crippen LogP contribution is -2.00. The number of benzene rings is 4. The van der Waals surface area contributed by atoms with Gasteiger partial charge < -0.3 is 4.57 Å². The molecule has 0 aliphatic heterocycles. The lowest BCUT2D eigenvalue weighted by atomic mass is 10.1. The Morgan fingerprint density at radius 3 is 1.85 bits per heavy atom. The molecule has 0 fully saturated rings. The number of hydrogen-bond donors (Lipinski definition) is 0. The molecule has 0 saturated heterocycles. The zero-order chi connectivity index (χ0) is 23.3. The lowest BCUT2D eigenvalue weighted by molar-refractivity contribution is 0.104. The Bertz CT molecular complexity index is 1430. The second kappa shape index (κ2) is 9.90. The van der Waals surface area contributed by atoms with E-state index in [2.05, 4.69) is 63.0 Å². The van der Waals surface area contributed by atoms with Gasteiger partial charge in [0.2, 0.25) is 0 Å². The van der Waals surface area contributed by atoms with Crippen LogP contribution in [-0.4, -0.2) is 10.4 Å². The molecule has 0 N–H and O–H groups in total. The number of allylic oxidation sites excluding steroid dienone is 1. The number of ketones is 1. The van der Waals surface area contributed by atoms with Crippen molar-refractivity contribution in [2.75, 3.05) is 0 Å². The Balaban J connectivity index is 1.73. The molecule has 34 heavy (non-hydrogen) atoms. The topological polar surface area (TPSA) is 22.0 Å².